The number of Topliss-reactive ketones (excluding diaryl/α,β-unsaturated/α-hetero) is 1. The van der Waals surface area contributed by atoms with Crippen molar-refractivity contribution in [2.75, 3.05) is 6.54 Å². The molecule has 0 spiro atoms. The van der Waals surface area contributed by atoms with Gasteiger partial charge in [-0.1, -0.05) is 5.21 Å². The summed E-state index contributed by atoms with van der Waals surface area (Å²) < 4.78 is 6.44. The molecule has 1 aromatic heterocycles. The molecule has 0 saturated carbocycles. The number of aryl methyl sites for hydroxylation is 1. The molecule has 100 valence electrons. The number of rotatable bonds is 4. The zero-order valence-corrected chi connectivity index (χ0v) is 11.1. The van der Waals surface area contributed by atoms with Crippen LogP contribution in [0.25, 0.3) is 0 Å². The average molecular weight is 254 g/mol. The summed E-state index contributed by atoms with van der Waals surface area (Å²) in [6.07, 6.45) is 1.05. The van der Waals surface area contributed by atoms with E-state index in [9.17, 15) is 9.59 Å². The van der Waals surface area contributed by atoms with Gasteiger partial charge in [0, 0.05) is 20.0 Å². The standard InChI is InChI=1S/C11H18N4O3/c1-11(2,3)18-10(17)12-6-5-9(16)8-7-13-14-15(8)4/h7H,5-6H2,1-4H3,(H,12,17). The molecule has 0 unspecified atom stereocenters. The van der Waals surface area contributed by atoms with Gasteiger partial charge in [0.25, 0.3) is 0 Å². The molecule has 1 N–H and O–H groups in total. The number of aromatic nitrogens is 3. The quantitative estimate of drug-likeness (QED) is 0.807. The summed E-state index contributed by atoms with van der Waals surface area (Å²) in [4.78, 5) is 23.0. The second kappa shape index (κ2) is 5.61. The molecule has 0 aliphatic carbocycles. The van der Waals surface area contributed by atoms with Crippen molar-refractivity contribution < 1.29 is 14.3 Å². The monoisotopic (exact) mass is 254 g/mol. The number of nitrogens with zero attached hydrogens (tertiary/aromatic N) is 3. The molecule has 0 aromatic carbocycles. The fourth-order valence-electron chi connectivity index (χ4n) is 1.26. The number of carbonyl (C=O) groups excluding carboxylic acids is 2. The molecule has 1 heterocycles. The summed E-state index contributed by atoms with van der Waals surface area (Å²) >= 11 is 0. The van der Waals surface area contributed by atoms with Crippen LogP contribution in [-0.2, 0) is 11.8 Å². The van der Waals surface area contributed by atoms with Crippen LogP contribution in [0, 0.1) is 0 Å². The van der Waals surface area contributed by atoms with Crippen molar-refractivity contribution in [2.45, 2.75) is 32.8 Å². The number of amides is 1. The number of nitrogens with one attached hydrogen (secondary N) is 1. The topological polar surface area (TPSA) is 86.1 Å². The molecule has 7 heteroatoms. The van der Waals surface area contributed by atoms with Crippen molar-refractivity contribution in [3.63, 3.8) is 0 Å². The fraction of sp³-hybridized carbons (Fsp3) is 0.636. The lowest BCUT2D eigenvalue weighted by Crippen LogP contribution is -2.33. The Morgan fingerprint density at radius 1 is 1.44 bits per heavy atom. The maximum Gasteiger partial charge on any atom is 0.407 e. The minimum atomic E-state index is -0.542. The maximum atomic E-state index is 11.7. The van der Waals surface area contributed by atoms with E-state index in [1.165, 1.54) is 10.9 Å². The van der Waals surface area contributed by atoms with Crippen molar-refractivity contribution in [1.82, 2.24) is 20.3 Å². The van der Waals surface area contributed by atoms with Crippen LogP contribution >= 0.6 is 0 Å². The minimum absolute atomic E-state index is 0.126. The Labute approximate surface area is 105 Å². The summed E-state index contributed by atoms with van der Waals surface area (Å²) in [6.45, 7) is 5.55. The van der Waals surface area contributed by atoms with E-state index in [0.29, 0.717) is 5.69 Å². The lowest BCUT2D eigenvalue weighted by atomic mass is 10.2. The van der Waals surface area contributed by atoms with Gasteiger partial charge in [-0.3, -0.25) is 4.79 Å². The molecule has 0 saturated heterocycles. The van der Waals surface area contributed by atoms with E-state index in [4.69, 9.17) is 4.74 Å². The summed E-state index contributed by atoms with van der Waals surface area (Å²) in [5.74, 6) is -0.126. The van der Waals surface area contributed by atoms with Crippen LogP contribution in [0.1, 0.15) is 37.7 Å². The van der Waals surface area contributed by atoms with Crippen LogP contribution in [0.2, 0.25) is 0 Å². The smallest absolute Gasteiger partial charge is 0.407 e. The van der Waals surface area contributed by atoms with Gasteiger partial charge in [-0.25, -0.2) is 9.48 Å². The van der Waals surface area contributed by atoms with E-state index in [0.717, 1.165) is 0 Å². The lowest BCUT2D eigenvalue weighted by Gasteiger charge is -2.19. The number of alkyl carbamates (subject to hydrolysis) is 1. The SMILES string of the molecule is Cn1nncc1C(=O)CCNC(=O)OC(C)(C)C. The first-order valence-electron chi connectivity index (χ1n) is 5.64. The first-order chi connectivity index (χ1) is 8.29. The molecule has 1 aromatic rings. The molecule has 0 bridgehead atoms. The van der Waals surface area contributed by atoms with E-state index in [-0.39, 0.29) is 18.7 Å². The van der Waals surface area contributed by atoms with Gasteiger partial charge in [0.15, 0.2) is 5.78 Å². The van der Waals surface area contributed by atoms with E-state index in [1.807, 2.05) is 0 Å². The molecule has 0 atom stereocenters. The molecule has 0 aliphatic rings. The third-order valence-corrected chi connectivity index (χ3v) is 2.02. The van der Waals surface area contributed by atoms with E-state index in [2.05, 4.69) is 15.6 Å². The van der Waals surface area contributed by atoms with Gasteiger partial charge in [-0.2, -0.15) is 0 Å². The normalized spacial score (nSPS) is 11.1. The van der Waals surface area contributed by atoms with Crippen LogP contribution < -0.4 is 5.32 Å². The van der Waals surface area contributed by atoms with Crippen molar-refractivity contribution in [3.05, 3.63) is 11.9 Å². The van der Waals surface area contributed by atoms with Crippen LogP contribution in [0.15, 0.2) is 6.20 Å². The summed E-state index contributed by atoms with van der Waals surface area (Å²) in [7, 11) is 1.64. The Morgan fingerprint density at radius 2 is 2.11 bits per heavy atom. The largest absolute Gasteiger partial charge is 0.444 e. The predicted molar refractivity (Wildman–Crippen MR) is 64.2 cm³/mol. The van der Waals surface area contributed by atoms with Gasteiger partial charge >= 0.3 is 6.09 Å². The van der Waals surface area contributed by atoms with E-state index in [1.54, 1.807) is 27.8 Å². The molecule has 7 nitrogen and oxygen atoms in total. The molecular weight excluding hydrogens is 236 g/mol. The van der Waals surface area contributed by atoms with Crippen LogP contribution in [-0.4, -0.2) is 39.0 Å². The number of carbonyl (C=O) groups is 2. The van der Waals surface area contributed by atoms with Gasteiger partial charge in [0.1, 0.15) is 11.3 Å². The highest BCUT2D eigenvalue weighted by Gasteiger charge is 2.16. The van der Waals surface area contributed by atoms with E-state index < -0.39 is 11.7 Å². The molecule has 0 aliphatic heterocycles. The highest BCUT2D eigenvalue weighted by Crippen LogP contribution is 2.06. The molecule has 1 amide bonds. The minimum Gasteiger partial charge on any atom is -0.444 e. The molecule has 0 radical (unpaired) electrons. The second-order valence-corrected chi connectivity index (χ2v) is 4.84. The zero-order valence-electron chi connectivity index (χ0n) is 11.1. The molecule has 1 rings (SSSR count). The van der Waals surface area contributed by atoms with Gasteiger partial charge in [-0.15, -0.1) is 5.10 Å². The lowest BCUT2D eigenvalue weighted by molar-refractivity contribution is 0.0527. The first-order valence-corrected chi connectivity index (χ1v) is 5.64. The zero-order chi connectivity index (χ0) is 13.8. The predicted octanol–water partition coefficient (Wildman–Crippen LogP) is 0.913. The Balaban J connectivity index is 2.33. The Kier molecular flexibility index (Phi) is 4.41. The van der Waals surface area contributed by atoms with Crippen molar-refractivity contribution in [3.8, 4) is 0 Å². The Hall–Kier alpha value is -1.92. The highest BCUT2D eigenvalue weighted by molar-refractivity contribution is 5.94. The number of ether oxygens (including phenoxy) is 1. The summed E-state index contributed by atoms with van der Waals surface area (Å²) in [5, 5.41) is 9.80. The van der Waals surface area contributed by atoms with Crippen LogP contribution in [0.4, 0.5) is 4.79 Å². The van der Waals surface area contributed by atoms with Gasteiger partial charge in [0.2, 0.25) is 0 Å². The number of hydrogen-bond donors (Lipinski definition) is 1. The van der Waals surface area contributed by atoms with Gasteiger partial charge < -0.3 is 10.1 Å². The number of ketones is 1. The highest BCUT2D eigenvalue weighted by atomic mass is 16.6. The second-order valence-electron chi connectivity index (χ2n) is 4.84. The molecule has 0 fully saturated rings. The first kappa shape index (κ1) is 14.1. The van der Waals surface area contributed by atoms with Gasteiger partial charge in [0.05, 0.1) is 6.20 Å². The number of hydrogen-bond acceptors (Lipinski definition) is 5. The van der Waals surface area contributed by atoms with Crippen molar-refractivity contribution in [1.29, 1.82) is 0 Å². The Bertz CT molecular complexity index is 434. The third-order valence-electron chi connectivity index (χ3n) is 2.02. The summed E-state index contributed by atoms with van der Waals surface area (Å²) in [5.41, 5.74) is -0.124. The molecule has 18 heavy (non-hydrogen) atoms. The molecular formula is C11H18N4O3. The van der Waals surface area contributed by atoms with Crippen LogP contribution in [0.3, 0.4) is 0 Å². The van der Waals surface area contributed by atoms with Crippen LogP contribution in [0.5, 0.6) is 0 Å². The average Bonchev–Trinajstić information content (AvgIpc) is 2.61. The third kappa shape index (κ3) is 4.52. The van der Waals surface area contributed by atoms with E-state index >= 15 is 0 Å². The van der Waals surface area contributed by atoms with Gasteiger partial charge in [-0.05, 0) is 20.8 Å². The summed E-state index contributed by atoms with van der Waals surface area (Å²) in [6, 6.07) is 0. The van der Waals surface area contributed by atoms with Crippen molar-refractivity contribution in [2.24, 2.45) is 7.05 Å². The van der Waals surface area contributed by atoms with Crippen molar-refractivity contribution >= 4 is 11.9 Å². The Morgan fingerprint density at radius 3 is 2.61 bits per heavy atom. The maximum absolute atomic E-state index is 11.7. The fourth-order valence-corrected chi connectivity index (χ4v) is 1.26.